The summed E-state index contributed by atoms with van der Waals surface area (Å²) in [4.78, 5) is 24.4. The Morgan fingerprint density at radius 2 is 1.90 bits per heavy atom. The molecular weight excluding hydrogens is 266 g/mol. The van der Waals surface area contributed by atoms with Crippen molar-refractivity contribution in [2.75, 3.05) is 11.9 Å². The SMILES string of the molecule is CCC(C)NC(=O)c1ccccc1NC(=O)C(C)(C)CN. The van der Waals surface area contributed by atoms with Crippen molar-refractivity contribution in [2.24, 2.45) is 11.1 Å². The molecule has 0 saturated carbocycles. The number of rotatable bonds is 6. The van der Waals surface area contributed by atoms with Crippen molar-refractivity contribution >= 4 is 17.5 Å². The smallest absolute Gasteiger partial charge is 0.253 e. The van der Waals surface area contributed by atoms with Gasteiger partial charge in [-0.25, -0.2) is 0 Å². The van der Waals surface area contributed by atoms with E-state index in [2.05, 4.69) is 10.6 Å². The monoisotopic (exact) mass is 291 g/mol. The highest BCUT2D eigenvalue weighted by atomic mass is 16.2. The van der Waals surface area contributed by atoms with Crippen molar-refractivity contribution in [1.82, 2.24) is 5.32 Å². The lowest BCUT2D eigenvalue weighted by molar-refractivity contribution is -0.123. The minimum atomic E-state index is -0.680. The third-order valence-electron chi connectivity index (χ3n) is 3.53. The summed E-state index contributed by atoms with van der Waals surface area (Å²) in [6, 6.07) is 7.06. The van der Waals surface area contributed by atoms with Crippen molar-refractivity contribution < 1.29 is 9.59 Å². The molecule has 4 N–H and O–H groups in total. The van der Waals surface area contributed by atoms with E-state index in [9.17, 15) is 9.59 Å². The fraction of sp³-hybridized carbons (Fsp3) is 0.500. The molecule has 2 amide bonds. The van der Waals surface area contributed by atoms with Gasteiger partial charge in [-0.2, -0.15) is 0 Å². The fourth-order valence-electron chi connectivity index (χ4n) is 1.58. The third-order valence-corrected chi connectivity index (χ3v) is 3.53. The molecule has 0 aliphatic carbocycles. The molecule has 0 aliphatic heterocycles. The van der Waals surface area contributed by atoms with Gasteiger partial charge in [0.1, 0.15) is 0 Å². The van der Waals surface area contributed by atoms with E-state index < -0.39 is 5.41 Å². The molecular formula is C16H25N3O2. The molecule has 1 unspecified atom stereocenters. The van der Waals surface area contributed by atoms with Gasteiger partial charge >= 0.3 is 0 Å². The summed E-state index contributed by atoms with van der Waals surface area (Å²) in [5.41, 5.74) is 5.88. The minimum absolute atomic E-state index is 0.0849. The van der Waals surface area contributed by atoms with Gasteiger partial charge in [-0.15, -0.1) is 0 Å². The van der Waals surface area contributed by atoms with E-state index in [-0.39, 0.29) is 24.4 Å². The van der Waals surface area contributed by atoms with Crippen molar-refractivity contribution in [1.29, 1.82) is 0 Å². The Balaban J connectivity index is 2.95. The summed E-state index contributed by atoms with van der Waals surface area (Å²) in [7, 11) is 0. The topological polar surface area (TPSA) is 84.2 Å². The van der Waals surface area contributed by atoms with Gasteiger partial charge in [-0.3, -0.25) is 9.59 Å². The maximum absolute atomic E-state index is 12.2. The third kappa shape index (κ3) is 4.56. The lowest BCUT2D eigenvalue weighted by Crippen LogP contribution is -2.38. The second-order valence-electron chi connectivity index (χ2n) is 5.87. The zero-order chi connectivity index (χ0) is 16.0. The van der Waals surface area contributed by atoms with Crippen LogP contribution in [0.25, 0.3) is 0 Å². The summed E-state index contributed by atoms with van der Waals surface area (Å²) in [5.74, 6) is -0.389. The summed E-state index contributed by atoms with van der Waals surface area (Å²) in [6.07, 6.45) is 0.848. The maximum Gasteiger partial charge on any atom is 0.253 e. The Bertz CT molecular complexity index is 512. The van der Waals surface area contributed by atoms with Gasteiger partial charge in [0.15, 0.2) is 0 Å². The predicted molar refractivity (Wildman–Crippen MR) is 85.1 cm³/mol. The number of hydrogen-bond acceptors (Lipinski definition) is 3. The molecule has 0 saturated heterocycles. The quantitative estimate of drug-likeness (QED) is 0.750. The molecule has 1 atom stereocenters. The van der Waals surface area contributed by atoms with Crippen LogP contribution in [0.2, 0.25) is 0 Å². The summed E-state index contributed by atoms with van der Waals surface area (Å²) in [5, 5.41) is 5.69. The molecule has 5 nitrogen and oxygen atoms in total. The lowest BCUT2D eigenvalue weighted by Gasteiger charge is -2.22. The van der Waals surface area contributed by atoms with E-state index in [4.69, 9.17) is 5.73 Å². The van der Waals surface area contributed by atoms with Crippen LogP contribution < -0.4 is 16.4 Å². The van der Waals surface area contributed by atoms with Crippen LogP contribution in [0.1, 0.15) is 44.5 Å². The second-order valence-corrected chi connectivity index (χ2v) is 5.87. The number of hydrogen-bond donors (Lipinski definition) is 3. The highest BCUT2D eigenvalue weighted by Gasteiger charge is 2.27. The molecule has 116 valence electrons. The number of nitrogens with one attached hydrogen (secondary N) is 2. The largest absolute Gasteiger partial charge is 0.350 e. The van der Waals surface area contributed by atoms with E-state index in [0.717, 1.165) is 6.42 Å². The number of carbonyl (C=O) groups is 2. The van der Waals surface area contributed by atoms with Gasteiger partial charge in [0.25, 0.3) is 5.91 Å². The van der Waals surface area contributed by atoms with Gasteiger partial charge in [-0.05, 0) is 39.3 Å². The van der Waals surface area contributed by atoms with Crippen LogP contribution in [0.5, 0.6) is 0 Å². The van der Waals surface area contributed by atoms with Crippen molar-refractivity contribution in [3.8, 4) is 0 Å². The Morgan fingerprint density at radius 3 is 2.48 bits per heavy atom. The fourth-order valence-corrected chi connectivity index (χ4v) is 1.58. The molecule has 21 heavy (non-hydrogen) atoms. The van der Waals surface area contributed by atoms with E-state index in [1.165, 1.54) is 0 Å². The number of carbonyl (C=O) groups excluding carboxylic acids is 2. The number of nitrogens with two attached hydrogens (primary N) is 1. The Labute approximate surface area is 126 Å². The van der Waals surface area contributed by atoms with Crippen LogP contribution in [0.15, 0.2) is 24.3 Å². The highest BCUT2D eigenvalue weighted by molar-refractivity contribution is 6.04. The van der Waals surface area contributed by atoms with Gasteiger partial charge in [-0.1, -0.05) is 19.1 Å². The lowest BCUT2D eigenvalue weighted by atomic mass is 9.92. The molecule has 0 heterocycles. The van der Waals surface area contributed by atoms with Crippen molar-refractivity contribution in [3.05, 3.63) is 29.8 Å². The summed E-state index contributed by atoms with van der Waals surface area (Å²) in [6.45, 7) is 7.72. The first-order chi connectivity index (χ1) is 9.81. The summed E-state index contributed by atoms with van der Waals surface area (Å²) >= 11 is 0. The molecule has 1 aromatic rings. The maximum atomic E-state index is 12.2. The van der Waals surface area contributed by atoms with Crippen LogP contribution in [0.3, 0.4) is 0 Å². The van der Waals surface area contributed by atoms with Crippen LogP contribution in [-0.4, -0.2) is 24.4 Å². The summed E-state index contributed by atoms with van der Waals surface area (Å²) < 4.78 is 0. The average Bonchev–Trinajstić information content (AvgIpc) is 2.47. The van der Waals surface area contributed by atoms with E-state index in [0.29, 0.717) is 11.3 Å². The standard InChI is InChI=1S/C16H25N3O2/c1-5-11(2)18-14(20)12-8-6-7-9-13(12)19-15(21)16(3,4)10-17/h6-9,11H,5,10,17H2,1-4H3,(H,18,20)(H,19,21). The molecule has 1 rings (SSSR count). The Kier molecular flexibility index (Phi) is 5.90. The van der Waals surface area contributed by atoms with Crippen LogP contribution in [-0.2, 0) is 4.79 Å². The number of para-hydroxylation sites is 1. The second kappa shape index (κ2) is 7.22. The van der Waals surface area contributed by atoms with Crippen molar-refractivity contribution in [3.63, 3.8) is 0 Å². The van der Waals surface area contributed by atoms with Crippen LogP contribution in [0.4, 0.5) is 5.69 Å². The minimum Gasteiger partial charge on any atom is -0.350 e. The van der Waals surface area contributed by atoms with Gasteiger partial charge in [0, 0.05) is 12.6 Å². The number of anilines is 1. The molecule has 0 radical (unpaired) electrons. The first-order valence-electron chi connectivity index (χ1n) is 7.23. The Morgan fingerprint density at radius 1 is 1.29 bits per heavy atom. The molecule has 0 spiro atoms. The molecule has 0 aliphatic rings. The van der Waals surface area contributed by atoms with Crippen LogP contribution >= 0.6 is 0 Å². The zero-order valence-electron chi connectivity index (χ0n) is 13.2. The molecule has 1 aromatic carbocycles. The number of benzene rings is 1. The molecule has 0 fully saturated rings. The first-order valence-corrected chi connectivity index (χ1v) is 7.23. The van der Waals surface area contributed by atoms with Crippen LogP contribution in [0, 0.1) is 5.41 Å². The molecule has 0 aromatic heterocycles. The highest BCUT2D eigenvalue weighted by Crippen LogP contribution is 2.20. The number of amides is 2. The molecule has 5 heteroatoms. The Hall–Kier alpha value is -1.88. The van der Waals surface area contributed by atoms with E-state index >= 15 is 0 Å². The molecule has 0 bridgehead atoms. The van der Waals surface area contributed by atoms with E-state index in [1.54, 1.807) is 38.1 Å². The average molecular weight is 291 g/mol. The first kappa shape index (κ1) is 17.2. The van der Waals surface area contributed by atoms with Gasteiger partial charge in [0.05, 0.1) is 16.7 Å². The predicted octanol–water partition coefficient (Wildman–Crippen LogP) is 2.14. The van der Waals surface area contributed by atoms with E-state index in [1.807, 2.05) is 13.8 Å². The van der Waals surface area contributed by atoms with Crippen molar-refractivity contribution in [2.45, 2.75) is 40.2 Å². The van der Waals surface area contributed by atoms with Gasteiger partial charge in [0.2, 0.25) is 5.91 Å². The zero-order valence-corrected chi connectivity index (χ0v) is 13.2. The van der Waals surface area contributed by atoms with Gasteiger partial charge < -0.3 is 16.4 Å². The normalized spacial score (nSPS) is 12.6.